The molecule has 6 nitrogen and oxygen atoms in total. The van der Waals surface area contributed by atoms with Crippen molar-refractivity contribution in [3.63, 3.8) is 0 Å². The molecule has 0 fully saturated rings. The number of aliphatic hydroxyl groups excluding tert-OH is 1. The van der Waals surface area contributed by atoms with Gasteiger partial charge in [0, 0.05) is 19.4 Å². The Labute approximate surface area is 79.8 Å². The van der Waals surface area contributed by atoms with Gasteiger partial charge in [-0.25, -0.2) is 4.79 Å². The summed E-state index contributed by atoms with van der Waals surface area (Å²) in [7, 11) is 1.37. The zero-order valence-corrected chi connectivity index (χ0v) is 7.93. The Morgan fingerprint density at radius 1 is 1.57 bits per heavy atom. The number of nitrogens with zero attached hydrogens (tertiary/aromatic N) is 1. The van der Waals surface area contributed by atoms with Crippen molar-refractivity contribution in [1.29, 1.82) is 0 Å². The number of rotatable bonds is 3. The van der Waals surface area contributed by atoms with Crippen LogP contribution in [0, 0.1) is 0 Å². The molecule has 1 rings (SSSR count). The smallest absolute Gasteiger partial charge is 0.330 e. The van der Waals surface area contributed by atoms with E-state index in [0.29, 0.717) is 0 Å². The van der Waals surface area contributed by atoms with Crippen LogP contribution in [0.5, 0.6) is 0 Å². The number of hydrogen-bond acceptors (Lipinski definition) is 4. The van der Waals surface area contributed by atoms with Crippen LogP contribution in [0.1, 0.15) is 13.2 Å². The summed E-state index contributed by atoms with van der Waals surface area (Å²) in [6, 6.07) is 1.19. The summed E-state index contributed by atoms with van der Waals surface area (Å²) >= 11 is 0. The SMILES string of the molecule is CO[C@H](C(C)O)n1ccc(=O)[nH]c1=O. The lowest BCUT2D eigenvalue weighted by Gasteiger charge is -2.19. The van der Waals surface area contributed by atoms with E-state index in [9.17, 15) is 14.7 Å². The predicted octanol–water partition coefficient (Wildman–Crippen LogP) is -0.938. The third-order valence-corrected chi connectivity index (χ3v) is 1.78. The third-order valence-electron chi connectivity index (χ3n) is 1.78. The van der Waals surface area contributed by atoms with Crippen molar-refractivity contribution in [2.24, 2.45) is 0 Å². The first-order chi connectivity index (χ1) is 6.56. The van der Waals surface area contributed by atoms with E-state index in [4.69, 9.17) is 4.74 Å². The fraction of sp³-hybridized carbons (Fsp3) is 0.500. The van der Waals surface area contributed by atoms with Crippen molar-refractivity contribution in [3.05, 3.63) is 33.1 Å². The molecule has 0 saturated heterocycles. The molecule has 14 heavy (non-hydrogen) atoms. The Kier molecular flexibility index (Phi) is 3.21. The monoisotopic (exact) mass is 200 g/mol. The maximum Gasteiger partial charge on any atom is 0.330 e. The van der Waals surface area contributed by atoms with Gasteiger partial charge in [-0.1, -0.05) is 0 Å². The van der Waals surface area contributed by atoms with E-state index in [-0.39, 0.29) is 0 Å². The van der Waals surface area contributed by atoms with Crippen molar-refractivity contribution in [2.75, 3.05) is 7.11 Å². The minimum absolute atomic E-state index is 0.480. The molecule has 6 heteroatoms. The predicted molar refractivity (Wildman–Crippen MR) is 49.0 cm³/mol. The second kappa shape index (κ2) is 4.21. The minimum Gasteiger partial charge on any atom is -0.389 e. The van der Waals surface area contributed by atoms with Crippen molar-refractivity contribution >= 4 is 0 Å². The van der Waals surface area contributed by atoms with Crippen LogP contribution in [-0.4, -0.2) is 27.9 Å². The molecule has 78 valence electrons. The number of methoxy groups -OCH3 is 1. The van der Waals surface area contributed by atoms with E-state index < -0.39 is 23.6 Å². The summed E-state index contributed by atoms with van der Waals surface area (Å²) in [6.07, 6.45) is -0.356. The van der Waals surface area contributed by atoms with Gasteiger partial charge in [-0.15, -0.1) is 0 Å². The van der Waals surface area contributed by atoms with Crippen molar-refractivity contribution in [1.82, 2.24) is 9.55 Å². The lowest BCUT2D eigenvalue weighted by molar-refractivity contribution is -0.0521. The first-order valence-corrected chi connectivity index (χ1v) is 4.08. The number of aliphatic hydroxyl groups is 1. The molecule has 2 N–H and O–H groups in total. The van der Waals surface area contributed by atoms with Gasteiger partial charge >= 0.3 is 5.69 Å². The zero-order chi connectivity index (χ0) is 10.7. The first-order valence-electron chi connectivity index (χ1n) is 4.08. The van der Waals surface area contributed by atoms with Gasteiger partial charge in [-0.3, -0.25) is 14.3 Å². The first kappa shape index (κ1) is 10.7. The summed E-state index contributed by atoms with van der Waals surface area (Å²) in [5, 5.41) is 9.28. The number of nitrogens with one attached hydrogen (secondary N) is 1. The molecule has 0 aliphatic heterocycles. The average Bonchev–Trinajstić information content (AvgIpc) is 2.09. The summed E-state index contributed by atoms with van der Waals surface area (Å²) in [4.78, 5) is 24.1. The molecule has 2 atom stereocenters. The van der Waals surface area contributed by atoms with Gasteiger partial charge in [0.05, 0.1) is 6.10 Å². The Hall–Kier alpha value is -1.40. The van der Waals surface area contributed by atoms with Gasteiger partial charge in [0.15, 0.2) is 6.23 Å². The summed E-state index contributed by atoms with van der Waals surface area (Å²) in [5.74, 6) is 0. The number of ether oxygens (including phenoxy) is 1. The Balaban J connectivity index is 3.18. The number of aromatic nitrogens is 2. The Morgan fingerprint density at radius 3 is 2.64 bits per heavy atom. The van der Waals surface area contributed by atoms with Gasteiger partial charge in [0.25, 0.3) is 5.56 Å². The van der Waals surface area contributed by atoms with Crippen molar-refractivity contribution in [3.8, 4) is 0 Å². The van der Waals surface area contributed by atoms with E-state index in [1.54, 1.807) is 0 Å². The summed E-state index contributed by atoms with van der Waals surface area (Å²) in [5.41, 5.74) is -1.09. The van der Waals surface area contributed by atoms with Crippen LogP contribution in [-0.2, 0) is 4.74 Å². The number of aromatic amines is 1. The quantitative estimate of drug-likeness (QED) is 0.659. The topological polar surface area (TPSA) is 84.3 Å². The molecule has 0 saturated carbocycles. The summed E-state index contributed by atoms with van der Waals surface area (Å²) in [6.45, 7) is 1.49. The lowest BCUT2D eigenvalue weighted by Crippen LogP contribution is -2.36. The highest BCUT2D eigenvalue weighted by Gasteiger charge is 2.16. The molecule has 0 aliphatic carbocycles. The van der Waals surface area contributed by atoms with E-state index in [1.807, 2.05) is 0 Å². The molecule has 0 bridgehead atoms. The van der Waals surface area contributed by atoms with Gasteiger partial charge < -0.3 is 9.84 Å². The van der Waals surface area contributed by atoms with Crippen LogP contribution < -0.4 is 11.2 Å². The normalized spacial score (nSPS) is 15.1. The van der Waals surface area contributed by atoms with Crippen LogP contribution in [0.2, 0.25) is 0 Å². The highest BCUT2D eigenvalue weighted by molar-refractivity contribution is 4.84. The lowest BCUT2D eigenvalue weighted by atomic mass is 10.3. The van der Waals surface area contributed by atoms with E-state index in [0.717, 1.165) is 4.57 Å². The highest BCUT2D eigenvalue weighted by atomic mass is 16.5. The fourth-order valence-corrected chi connectivity index (χ4v) is 1.17. The molecule has 0 aromatic carbocycles. The standard InChI is InChI=1S/C8H12N2O4/c1-5(11)7(14-2)10-4-3-6(12)9-8(10)13/h3-5,7,11H,1-2H3,(H,9,12,13)/t5?,7-/m1/s1. The maximum atomic E-state index is 11.3. The highest BCUT2D eigenvalue weighted by Crippen LogP contribution is 2.07. The van der Waals surface area contributed by atoms with Gasteiger partial charge in [0.1, 0.15) is 0 Å². The van der Waals surface area contributed by atoms with Crippen LogP contribution in [0.25, 0.3) is 0 Å². The summed E-state index contributed by atoms with van der Waals surface area (Å²) < 4.78 is 6.03. The van der Waals surface area contributed by atoms with E-state index >= 15 is 0 Å². The van der Waals surface area contributed by atoms with E-state index in [2.05, 4.69) is 4.98 Å². The number of hydrogen-bond donors (Lipinski definition) is 2. The maximum absolute atomic E-state index is 11.3. The Bertz CT molecular complexity index is 406. The molecule has 0 radical (unpaired) electrons. The Morgan fingerprint density at radius 2 is 2.21 bits per heavy atom. The van der Waals surface area contributed by atoms with Crippen LogP contribution in [0.15, 0.2) is 21.9 Å². The second-order valence-electron chi connectivity index (χ2n) is 2.88. The van der Waals surface area contributed by atoms with Gasteiger partial charge in [-0.05, 0) is 6.92 Å². The van der Waals surface area contributed by atoms with Crippen molar-refractivity contribution < 1.29 is 9.84 Å². The average molecular weight is 200 g/mol. The second-order valence-corrected chi connectivity index (χ2v) is 2.88. The molecule has 0 aliphatic rings. The molecule has 1 aromatic rings. The fourth-order valence-electron chi connectivity index (χ4n) is 1.17. The van der Waals surface area contributed by atoms with Crippen LogP contribution in [0.4, 0.5) is 0 Å². The number of H-pyrrole nitrogens is 1. The molecule has 0 amide bonds. The minimum atomic E-state index is -0.844. The zero-order valence-electron chi connectivity index (χ0n) is 7.93. The molecular formula is C8H12N2O4. The molecule has 1 aromatic heterocycles. The van der Waals surface area contributed by atoms with Gasteiger partial charge in [-0.2, -0.15) is 0 Å². The van der Waals surface area contributed by atoms with Crippen LogP contribution in [0.3, 0.4) is 0 Å². The van der Waals surface area contributed by atoms with Gasteiger partial charge in [0.2, 0.25) is 0 Å². The van der Waals surface area contributed by atoms with E-state index in [1.165, 1.54) is 26.3 Å². The molecule has 0 spiro atoms. The molecule has 1 heterocycles. The van der Waals surface area contributed by atoms with Crippen molar-refractivity contribution in [2.45, 2.75) is 19.3 Å². The van der Waals surface area contributed by atoms with Crippen LogP contribution >= 0.6 is 0 Å². The molecular weight excluding hydrogens is 188 g/mol. The molecule has 1 unspecified atom stereocenters. The largest absolute Gasteiger partial charge is 0.389 e. The third kappa shape index (κ3) is 2.09.